The standard InChI is InChI=1S/C12H11N3O2S/c1-2-9-6-11(15-7-14-9)18-10-5-8(12(16)17)3-4-13-10/h3-7H,2H2,1H3,(H,16,17). The van der Waals surface area contributed by atoms with Crippen molar-refractivity contribution in [3.63, 3.8) is 0 Å². The number of rotatable bonds is 4. The summed E-state index contributed by atoms with van der Waals surface area (Å²) in [6, 6.07) is 4.87. The molecule has 0 aliphatic carbocycles. The van der Waals surface area contributed by atoms with Crippen molar-refractivity contribution in [2.75, 3.05) is 0 Å². The summed E-state index contributed by atoms with van der Waals surface area (Å²) in [7, 11) is 0. The molecule has 1 N–H and O–H groups in total. The van der Waals surface area contributed by atoms with Crippen molar-refractivity contribution in [2.24, 2.45) is 0 Å². The lowest BCUT2D eigenvalue weighted by Gasteiger charge is -2.02. The molecule has 0 aliphatic heterocycles. The highest BCUT2D eigenvalue weighted by molar-refractivity contribution is 7.99. The van der Waals surface area contributed by atoms with Crippen LogP contribution in [0.2, 0.25) is 0 Å². The van der Waals surface area contributed by atoms with E-state index in [0.717, 1.165) is 17.1 Å². The average Bonchev–Trinajstić information content (AvgIpc) is 2.39. The molecule has 2 rings (SSSR count). The molecule has 6 heteroatoms. The Hall–Kier alpha value is -1.95. The smallest absolute Gasteiger partial charge is 0.335 e. The maximum absolute atomic E-state index is 10.8. The van der Waals surface area contributed by atoms with E-state index < -0.39 is 5.97 Å². The largest absolute Gasteiger partial charge is 0.478 e. The third kappa shape index (κ3) is 3.04. The van der Waals surface area contributed by atoms with Gasteiger partial charge in [-0.2, -0.15) is 0 Å². The molecule has 92 valence electrons. The molecule has 0 saturated heterocycles. The molecule has 2 aromatic rings. The van der Waals surface area contributed by atoms with E-state index in [1.165, 1.54) is 36.4 Å². The van der Waals surface area contributed by atoms with Gasteiger partial charge in [0.25, 0.3) is 0 Å². The maximum atomic E-state index is 10.8. The van der Waals surface area contributed by atoms with E-state index in [1.54, 1.807) is 0 Å². The topological polar surface area (TPSA) is 76.0 Å². The van der Waals surface area contributed by atoms with Crippen LogP contribution in [0.4, 0.5) is 0 Å². The molecule has 0 bridgehead atoms. The Morgan fingerprint density at radius 2 is 2.06 bits per heavy atom. The number of aromatic carboxylic acids is 1. The lowest BCUT2D eigenvalue weighted by molar-refractivity contribution is 0.0696. The second kappa shape index (κ2) is 5.59. The van der Waals surface area contributed by atoms with Crippen LogP contribution in [0, 0.1) is 0 Å². The van der Waals surface area contributed by atoms with Gasteiger partial charge in [-0.1, -0.05) is 6.92 Å². The molecule has 0 radical (unpaired) electrons. The highest BCUT2D eigenvalue weighted by Crippen LogP contribution is 2.24. The van der Waals surface area contributed by atoms with E-state index in [-0.39, 0.29) is 5.56 Å². The van der Waals surface area contributed by atoms with E-state index in [1.807, 2.05) is 13.0 Å². The Kier molecular flexibility index (Phi) is 3.88. The summed E-state index contributed by atoms with van der Waals surface area (Å²) in [5, 5.41) is 10.3. The first-order valence-electron chi connectivity index (χ1n) is 5.37. The maximum Gasteiger partial charge on any atom is 0.335 e. The van der Waals surface area contributed by atoms with Crippen LogP contribution in [0.5, 0.6) is 0 Å². The average molecular weight is 261 g/mol. The number of hydrogen-bond acceptors (Lipinski definition) is 5. The Morgan fingerprint density at radius 3 is 2.78 bits per heavy atom. The van der Waals surface area contributed by atoms with Crippen LogP contribution >= 0.6 is 11.8 Å². The summed E-state index contributed by atoms with van der Waals surface area (Å²) >= 11 is 1.32. The first-order chi connectivity index (χ1) is 8.69. The molecule has 0 saturated carbocycles. The number of carboxylic acid groups (broad SMARTS) is 1. The fourth-order valence-corrected chi connectivity index (χ4v) is 2.14. The van der Waals surface area contributed by atoms with Crippen molar-refractivity contribution in [1.29, 1.82) is 0 Å². The van der Waals surface area contributed by atoms with Gasteiger partial charge in [0.15, 0.2) is 0 Å². The van der Waals surface area contributed by atoms with Gasteiger partial charge in [0.05, 0.1) is 5.56 Å². The lowest BCUT2D eigenvalue weighted by Crippen LogP contribution is -1.97. The molecule has 0 spiro atoms. The van der Waals surface area contributed by atoms with Crippen LogP contribution in [0.1, 0.15) is 23.0 Å². The fourth-order valence-electron chi connectivity index (χ4n) is 1.33. The van der Waals surface area contributed by atoms with Gasteiger partial charge in [0.1, 0.15) is 16.4 Å². The SMILES string of the molecule is CCc1cc(Sc2cc(C(=O)O)ccn2)ncn1. The first-order valence-corrected chi connectivity index (χ1v) is 6.19. The quantitative estimate of drug-likeness (QED) is 0.851. The Bertz CT molecular complexity index is 575. The number of nitrogens with zero attached hydrogens (tertiary/aromatic N) is 3. The van der Waals surface area contributed by atoms with Crippen LogP contribution < -0.4 is 0 Å². The minimum Gasteiger partial charge on any atom is -0.478 e. The fraction of sp³-hybridized carbons (Fsp3) is 0.167. The molecule has 0 unspecified atom stereocenters. The minimum absolute atomic E-state index is 0.220. The van der Waals surface area contributed by atoms with Crippen molar-refractivity contribution in [2.45, 2.75) is 23.4 Å². The van der Waals surface area contributed by atoms with Gasteiger partial charge in [-0.05, 0) is 36.4 Å². The van der Waals surface area contributed by atoms with E-state index in [4.69, 9.17) is 5.11 Å². The van der Waals surface area contributed by atoms with Gasteiger partial charge < -0.3 is 5.11 Å². The summed E-state index contributed by atoms with van der Waals surface area (Å²) in [5.74, 6) is -0.962. The second-order valence-corrected chi connectivity index (χ2v) is 4.53. The minimum atomic E-state index is -0.962. The summed E-state index contributed by atoms with van der Waals surface area (Å²) in [6.07, 6.45) is 3.81. The molecular weight excluding hydrogens is 250 g/mol. The van der Waals surface area contributed by atoms with Crippen molar-refractivity contribution >= 4 is 17.7 Å². The molecule has 0 atom stereocenters. The predicted molar refractivity (Wildman–Crippen MR) is 66.7 cm³/mol. The van der Waals surface area contributed by atoms with Crippen LogP contribution in [-0.2, 0) is 6.42 Å². The Balaban J connectivity index is 2.22. The molecule has 2 heterocycles. The summed E-state index contributed by atoms with van der Waals surface area (Å²) in [4.78, 5) is 23.2. The molecule has 0 aromatic carbocycles. The zero-order valence-electron chi connectivity index (χ0n) is 9.70. The highest BCUT2D eigenvalue weighted by Gasteiger charge is 2.06. The van der Waals surface area contributed by atoms with Gasteiger partial charge in [0, 0.05) is 11.9 Å². The van der Waals surface area contributed by atoms with Crippen molar-refractivity contribution in [3.05, 3.63) is 42.0 Å². The van der Waals surface area contributed by atoms with Gasteiger partial charge >= 0.3 is 5.97 Å². The zero-order valence-corrected chi connectivity index (χ0v) is 10.5. The van der Waals surface area contributed by atoms with Gasteiger partial charge in [-0.25, -0.2) is 19.7 Å². The third-order valence-corrected chi connectivity index (χ3v) is 3.12. The van der Waals surface area contributed by atoms with Gasteiger partial charge in [-0.3, -0.25) is 0 Å². The number of aryl methyl sites for hydroxylation is 1. The molecular formula is C12H11N3O2S. The molecule has 2 aromatic heterocycles. The molecule has 5 nitrogen and oxygen atoms in total. The third-order valence-electron chi connectivity index (χ3n) is 2.25. The summed E-state index contributed by atoms with van der Waals surface area (Å²) < 4.78 is 0. The number of carbonyl (C=O) groups is 1. The first kappa shape index (κ1) is 12.5. The zero-order chi connectivity index (χ0) is 13.0. The predicted octanol–water partition coefficient (Wildman–Crippen LogP) is 2.28. The van der Waals surface area contributed by atoms with Crippen LogP contribution in [0.3, 0.4) is 0 Å². The Labute approximate surface area is 108 Å². The molecule has 0 aliphatic rings. The van der Waals surface area contributed by atoms with E-state index in [2.05, 4.69) is 15.0 Å². The highest BCUT2D eigenvalue weighted by atomic mass is 32.2. The number of carboxylic acids is 1. The van der Waals surface area contributed by atoms with Crippen molar-refractivity contribution < 1.29 is 9.90 Å². The van der Waals surface area contributed by atoms with Crippen molar-refractivity contribution in [3.8, 4) is 0 Å². The van der Waals surface area contributed by atoms with Crippen LogP contribution in [-0.4, -0.2) is 26.0 Å². The van der Waals surface area contributed by atoms with E-state index >= 15 is 0 Å². The monoisotopic (exact) mass is 261 g/mol. The number of aromatic nitrogens is 3. The normalized spacial score (nSPS) is 10.3. The number of pyridine rings is 1. The summed E-state index contributed by atoms with van der Waals surface area (Å²) in [6.45, 7) is 2.01. The molecule has 0 fully saturated rings. The lowest BCUT2D eigenvalue weighted by atomic mass is 10.3. The van der Waals surface area contributed by atoms with Gasteiger partial charge in [-0.15, -0.1) is 0 Å². The second-order valence-electron chi connectivity index (χ2n) is 3.49. The van der Waals surface area contributed by atoms with Gasteiger partial charge in [0.2, 0.25) is 0 Å². The number of hydrogen-bond donors (Lipinski definition) is 1. The van der Waals surface area contributed by atoms with Crippen LogP contribution in [0.15, 0.2) is 40.8 Å². The van der Waals surface area contributed by atoms with E-state index in [0.29, 0.717) is 5.03 Å². The molecule has 18 heavy (non-hydrogen) atoms. The van der Waals surface area contributed by atoms with Crippen molar-refractivity contribution in [1.82, 2.24) is 15.0 Å². The summed E-state index contributed by atoms with van der Waals surface area (Å²) in [5.41, 5.74) is 1.17. The van der Waals surface area contributed by atoms with Crippen LogP contribution in [0.25, 0.3) is 0 Å². The Morgan fingerprint density at radius 1 is 1.28 bits per heavy atom. The molecule has 0 amide bonds. The van der Waals surface area contributed by atoms with E-state index in [9.17, 15) is 4.79 Å².